The number of benzene rings is 1. The number of piperidine rings is 1. The van der Waals surface area contributed by atoms with Crippen molar-refractivity contribution in [1.29, 1.82) is 0 Å². The molecule has 0 aromatic heterocycles. The molecular weight excluding hydrogens is 364 g/mol. The van der Waals surface area contributed by atoms with Crippen LogP contribution in [0.3, 0.4) is 0 Å². The van der Waals surface area contributed by atoms with Crippen molar-refractivity contribution in [3.05, 3.63) is 34.2 Å². The van der Waals surface area contributed by atoms with E-state index in [2.05, 4.69) is 4.74 Å². The predicted octanol–water partition coefficient (Wildman–Crippen LogP) is 2.89. The average Bonchev–Trinajstić information content (AvgIpc) is 2.86. The molecule has 2 fully saturated rings. The summed E-state index contributed by atoms with van der Waals surface area (Å²) in [5.74, 6) is 0.0847. The first-order valence-corrected chi connectivity index (χ1v) is 10.3. The number of sulfonamides is 1. The van der Waals surface area contributed by atoms with Crippen LogP contribution in [0.2, 0.25) is 0 Å². The number of nitrogens with zero attached hydrogens (tertiary/aromatic N) is 1. The number of aliphatic hydroxyl groups excluding tert-OH is 1. The van der Waals surface area contributed by atoms with Crippen LogP contribution in [0, 0.1) is 0 Å². The maximum Gasteiger partial charge on any atom is 0.387 e. The van der Waals surface area contributed by atoms with Gasteiger partial charge in [0, 0.05) is 12.1 Å². The lowest BCUT2D eigenvalue weighted by atomic mass is 9.97. The molecule has 1 aromatic carbocycles. The van der Waals surface area contributed by atoms with Crippen molar-refractivity contribution in [1.82, 2.24) is 4.31 Å². The summed E-state index contributed by atoms with van der Waals surface area (Å²) in [7, 11) is -3.58. The Hall–Kier alpha value is -1.51. The molecule has 5 nitrogen and oxygen atoms in total. The zero-order valence-corrected chi connectivity index (χ0v) is 15.0. The second-order valence-electron chi connectivity index (χ2n) is 7.19. The molecule has 3 aliphatic rings. The number of aryl methyl sites for hydroxylation is 1. The minimum atomic E-state index is -3.58. The lowest BCUT2D eigenvalue weighted by Gasteiger charge is -2.37. The molecule has 2 heterocycles. The van der Waals surface area contributed by atoms with Gasteiger partial charge in [-0.15, -0.1) is 0 Å². The minimum Gasteiger partial charge on any atom is -0.435 e. The molecule has 0 saturated carbocycles. The van der Waals surface area contributed by atoms with Crippen molar-refractivity contribution in [3.63, 3.8) is 0 Å². The summed E-state index contributed by atoms with van der Waals surface area (Å²) in [5, 5.41) is 9.90. The van der Waals surface area contributed by atoms with Crippen molar-refractivity contribution < 1.29 is 27.0 Å². The van der Waals surface area contributed by atoms with Gasteiger partial charge in [0.2, 0.25) is 10.0 Å². The van der Waals surface area contributed by atoms with E-state index >= 15 is 0 Å². The van der Waals surface area contributed by atoms with Crippen LogP contribution in [0.4, 0.5) is 8.78 Å². The topological polar surface area (TPSA) is 66.8 Å². The average molecular weight is 385 g/mol. The maximum atomic E-state index is 13.2. The van der Waals surface area contributed by atoms with E-state index in [-0.39, 0.29) is 17.8 Å². The lowest BCUT2D eigenvalue weighted by molar-refractivity contribution is -0.0498. The van der Waals surface area contributed by atoms with Gasteiger partial charge in [-0.2, -0.15) is 13.1 Å². The molecule has 26 heavy (non-hydrogen) atoms. The zero-order valence-electron chi connectivity index (χ0n) is 14.1. The maximum absolute atomic E-state index is 13.2. The molecule has 4 rings (SSSR count). The fourth-order valence-electron chi connectivity index (χ4n) is 4.46. The Balaban J connectivity index is 1.62. The van der Waals surface area contributed by atoms with Crippen LogP contribution in [0.1, 0.15) is 43.2 Å². The van der Waals surface area contributed by atoms with Crippen LogP contribution in [0.25, 0.3) is 6.08 Å². The van der Waals surface area contributed by atoms with E-state index in [1.165, 1.54) is 6.07 Å². The van der Waals surface area contributed by atoms with E-state index in [1.807, 2.05) is 0 Å². The number of allylic oxidation sites excluding steroid dienone is 1. The molecular formula is C18H21F2NO4S. The molecule has 8 heteroatoms. The number of hydrogen-bond donors (Lipinski definition) is 1. The number of hydrogen-bond acceptors (Lipinski definition) is 4. The third-order valence-electron chi connectivity index (χ3n) is 5.55. The van der Waals surface area contributed by atoms with Crippen molar-refractivity contribution in [2.45, 2.75) is 63.3 Å². The summed E-state index contributed by atoms with van der Waals surface area (Å²) in [6.45, 7) is -2.88. The second kappa shape index (κ2) is 6.58. The second-order valence-corrected chi connectivity index (χ2v) is 9.09. The van der Waals surface area contributed by atoms with Crippen LogP contribution >= 0.6 is 0 Å². The van der Waals surface area contributed by atoms with Crippen LogP contribution < -0.4 is 4.74 Å². The first-order chi connectivity index (χ1) is 12.3. The number of rotatable bonds is 4. The molecule has 0 spiro atoms. The Kier molecular flexibility index (Phi) is 4.53. The van der Waals surface area contributed by atoms with Crippen LogP contribution in [-0.4, -0.2) is 42.6 Å². The Morgan fingerprint density at radius 1 is 1.15 bits per heavy atom. The largest absolute Gasteiger partial charge is 0.435 e. The lowest BCUT2D eigenvalue weighted by Crippen LogP contribution is -2.48. The summed E-state index contributed by atoms with van der Waals surface area (Å²) in [6.07, 6.45) is 4.59. The molecule has 0 radical (unpaired) electrons. The highest BCUT2D eigenvalue weighted by Gasteiger charge is 2.47. The summed E-state index contributed by atoms with van der Waals surface area (Å²) < 4.78 is 57.1. The van der Waals surface area contributed by atoms with Crippen molar-refractivity contribution in [3.8, 4) is 5.75 Å². The van der Waals surface area contributed by atoms with Crippen LogP contribution in [0.15, 0.2) is 23.1 Å². The summed E-state index contributed by atoms with van der Waals surface area (Å²) in [6, 6.07) is 4.34. The van der Waals surface area contributed by atoms with Gasteiger partial charge >= 0.3 is 6.61 Å². The molecule has 2 bridgehead atoms. The van der Waals surface area contributed by atoms with Crippen molar-refractivity contribution in [2.75, 3.05) is 0 Å². The van der Waals surface area contributed by atoms with Crippen LogP contribution in [0.5, 0.6) is 5.75 Å². The fourth-order valence-corrected chi connectivity index (χ4v) is 6.53. The number of ether oxygens (including phenoxy) is 1. The number of halogens is 2. The third-order valence-corrected chi connectivity index (χ3v) is 7.68. The van der Waals surface area contributed by atoms with Gasteiger partial charge in [-0.3, -0.25) is 0 Å². The van der Waals surface area contributed by atoms with E-state index < -0.39 is 22.7 Å². The van der Waals surface area contributed by atoms with E-state index in [1.54, 1.807) is 22.5 Å². The molecule has 2 atom stereocenters. The molecule has 2 unspecified atom stereocenters. The highest BCUT2D eigenvalue weighted by atomic mass is 32.2. The van der Waals surface area contributed by atoms with Crippen LogP contribution in [-0.2, 0) is 16.4 Å². The number of aliphatic hydroxyl groups is 1. The smallest absolute Gasteiger partial charge is 0.387 e. The molecule has 2 aliphatic heterocycles. The molecule has 1 aliphatic carbocycles. The van der Waals surface area contributed by atoms with Crippen molar-refractivity contribution in [2.24, 2.45) is 0 Å². The Morgan fingerprint density at radius 3 is 2.50 bits per heavy atom. The molecule has 0 amide bonds. The van der Waals surface area contributed by atoms with Gasteiger partial charge in [0.1, 0.15) is 5.75 Å². The molecule has 1 N–H and O–H groups in total. The number of fused-ring (bicyclic) bond motifs is 3. The van der Waals surface area contributed by atoms with E-state index in [4.69, 9.17) is 0 Å². The highest BCUT2D eigenvalue weighted by Crippen LogP contribution is 2.41. The first kappa shape index (κ1) is 17.9. The predicted molar refractivity (Wildman–Crippen MR) is 92.2 cm³/mol. The quantitative estimate of drug-likeness (QED) is 0.866. The first-order valence-electron chi connectivity index (χ1n) is 8.84. The van der Waals surface area contributed by atoms with E-state index in [9.17, 15) is 22.3 Å². The fraction of sp³-hybridized carbons (Fsp3) is 0.556. The monoisotopic (exact) mass is 385 g/mol. The minimum absolute atomic E-state index is 0.0847. The summed E-state index contributed by atoms with van der Waals surface area (Å²) in [5.41, 5.74) is 1.53. The normalized spacial score (nSPS) is 28.8. The van der Waals surface area contributed by atoms with Gasteiger partial charge < -0.3 is 9.84 Å². The highest BCUT2D eigenvalue weighted by molar-refractivity contribution is 7.93. The standard InChI is InChI=1S/C18H21F2NO4S/c19-18(20)25-16-5-1-12-8-17(6-2-11(12)7-16)26(23,24)21-13-3-4-14(21)10-15(22)9-13/h1,5,7-8,13-15,18,22H,2-4,6,9-10H2. The van der Waals surface area contributed by atoms with Gasteiger partial charge in [-0.25, -0.2) is 8.42 Å². The molecule has 2 saturated heterocycles. The van der Waals surface area contributed by atoms with Gasteiger partial charge in [-0.05, 0) is 67.9 Å². The molecule has 142 valence electrons. The Morgan fingerprint density at radius 2 is 1.85 bits per heavy atom. The van der Waals surface area contributed by atoms with Crippen molar-refractivity contribution >= 4 is 16.1 Å². The Bertz CT molecular complexity index is 826. The third kappa shape index (κ3) is 3.14. The van der Waals surface area contributed by atoms with Gasteiger partial charge in [0.25, 0.3) is 0 Å². The summed E-state index contributed by atoms with van der Waals surface area (Å²) in [4.78, 5) is 0.362. The van der Waals surface area contributed by atoms with E-state index in [0.29, 0.717) is 30.6 Å². The van der Waals surface area contributed by atoms with Gasteiger partial charge in [0.15, 0.2) is 0 Å². The van der Waals surface area contributed by atoms with Gasteiger partial charge in [0.05, 0.1) is 11.0 Å². The van der Waals surface area contributed by atoms with Gasteiger partial charge in [-0.1, -0.05) is 6.07 Å². The molecule has 1 aromatic rings. The SMILES string of the molecule is O=S(=O)(C1=Cc2ccc(OC(F)F)cc2CC1)N1C2CCC1CC(O)C2. The number of alkyl halides is 2. The zero-order chi connectivity index (χ0) is 18.5. The van der Waals surface area contributed by atoms with E-state index in [0.717, 1.165) is 24.0 Å². The summed E-state index contributed by atoms with van der Waals surface area (Å²) >= 11 is 0. The Labute approximate surface area is 151 Å².